The number of aliphatic hydroxyl groups excluding tert-OH is 1. The van der Waals surface area contributed by atoms with Crippen LogP contribution in [0.1, 0.15) is 20.3 Å². The number of aliphatic hydroxyl groups is 1. The Morgan fingerprint density at radius 2 is 2.45 bits per heavy atom. The van der Waals surface area contributed by atoms with E-state index in [-0.39, 0.29) is 12.7 Å². The maximum Gasteiger partial charge on any atom is 0.128 e. The lowest BCUT2D eigenvalue weighted by atomic mass is 10.1. The van der Waals surface area contributed by atoms with Gasteiger partial charge in [0.1, 0.15) is 6.10 Å². The summed E-state index contributed by atoms with van der Waals surface area (Å²) < 4.78 is 0. The lowest BCUT2D eigenvalue weighted by Gasteiger charge is -2.05. The average molecular weight is 157 g/mol. The molecule has 1 heterocycles. The fourth-order valence-electron chi connectivity index (χ4n) is 1.08. The highest BCUT2D eigenvalue weighted by Crippen LogP contribution is 2.14. The van der Waals surface area contributed by atoms with Crippen molar-refractivity contribution in [2.24, 2.45) is 5.92 Å². The van der Waals surface area contributed by atoms with Gasteiger partial charge in [-0.2, -0.15) is 0 Å². The first-order chi connectivity index (χ1) is 5.22. The zero-order valence-corrected chi connectivity index (χ0v) is 7.00. The molecule has 1 atom stereocenters. The van der Waals surface area contributed by atoms with Gasteiger partial charge in [0.25, 0.3) is 0 Å². The van der Waals surface area contributed by atoms with E-state index in [4.69, 9.17) is 9.94 Å². The summed E-state index contributed by atoms with van der Waals surface area (Å²) in [6, 6.07) is 0. The van der Waals surface area contributed by atoms with Crippen LogP contribution in [-0.4, -0.2) is 17.8 Å². The summed E-state index contributed by atoms with van der Waals surface area (Å²) in [5, 5.41) is 8.71. The fraction of sp³-hybridized carbons (Fsp3) is 0.750. The molecule has 3 nitrogen and oxygen atoms in total. The van der Waals surface area contributed by atoms with Crippen molar-refractivity contribution in [3.05, 3.63) is 11.8 Å². The largest absolute Gasteiger partial charge is 0.393 e. The van der Waals surface area contributed by atoms with E-state index in [1.807, 2.05) is 6.08 Å². The van der Waals surface area contributed by atoms with E-state index in [1.165, 1.54) is 0 Å². The summed E-state index contributed by atoms with van der Waals surface area (Å²) in [7, 11) is 0. The number of allylic oxidation sites excluding steroid dienone is 1. The van der Waals surface area contributed by atoms with Crippen LogP contribution in [0.15, 0.2) is 11.8 Å². The maximum atomic E-state index is 8.71. The first-order valence-corrected chi connectivity index (χ1v) is 3.95. The van der Waals surface area contributed by atoms with Gasteiger partial charge in [-0.15, -0.1) is 0 Å². The molecule has 0 saturated heterocycles. The molecule has 0 saturated carbocycles. The minimum absolute atomic E-state index is 0.0502. The molecule has 2 N–H and O–H groups in total. The molecule has 11 heavy (non-hydrogen) atoms. The maximum absolute atomic E-state index is 8.71. The van der Waals surface area contributed by atoms with E-state index in [2.05, 4.69) is 19.3 Å². The second-order valence-electron chi connectivity index (χ2n) is 3.23. The standard InChI is InChI=1S/C8H15NO2/c1-6(2)3-7-4-8(5-10)11-9-7/h4,6,8-10H,3,5H2,1-2H3. The molecule has 0 aromatic carbocycles. The molecule has 0 amide bonds. The Labute approximate surface area is 67.0 Å². The molecule has 3 heteroatoms. The second kappa shape index (κ2) is 3.74. The van der Waals surface area contributed by atoms with E-state index in [0.717, 1.165) is 12.1 Å². The van der Waals surface area contributed by atoms with Crippen LogP contribution in [0.5, 0.6) is 0 Å². The molecule has 1 rings (SSSR count). The van der Waals surface area contributed by atoms with E-state index in [9.17, 15) is 0 Å². The number of hydrogen-bond donors (Lipinski definition) is 2. The van der Waals surface area contributed by atoms with Crippen LogP contribution in [0.2, 0.25) is 0 Å². The van der Waals surface area contributed by atoms with Crippen molar-refractivity contribution in [2.45, 2.75) is 26.4 Å². The summed E-state index contributed by atoms with van der Waals surface area (Å²) in [4.78, 5) is 5.02. The smallest absolute Gasteiger partial charge is 0.128 e. The van der Waals surface area contributed by atoms with Gasteiger partial charge in [0, 0.05) is 5.70 Å². The Bertz CT molecular complexity index is 154. The summed E-state index contributed by atoms with van der Waals surface area (Å²) in [6.45, 7) is 4.35. The lowest BCUT2D eigenvalue weighted by molar-refractivity contribution is 0.00931. The normalized spacial score (nSPS) is 23.6. The lowest BCUT2D eigenvalue weighted by Crippen LogP contribution is -2.15. The van der Waals surface area contributed by atoms with Crippen LogP contribution in [0.25, 0.3) is 0 Å². The van der Waals surface area contributed by atoms with Gasteiger partial charge in [0.05, 0.1) is 6.61 Å². The molecule has 1 aliphatic rings. The minimum atomic E-state index is -0.149. The topological polar surface area (TPSA) is 41.5 Å². The van der Waals surface area contributed by atoms with Gasteiger partial charge in [-0.3, -0.25) is 10.3 Å². The summed E-state index contributed by atoms with van der Waals surface area (Å²) in [5.41, 5.74) is 3.87. The van der Waals surface area contributed by atoms with E-state index in [0.29, 0.717) is 5.92 Å². The van der Waals surface area contributed by atoms with E-state index >= 15 is 0 Å². The van der Waals surface area contributed by atoms with Crippen LogP contribution in [0.3, 0.4) is 0 Å². The average Bonchev–Trinajstić information content (AvgIpc) is 2.34. The molecule has 0 aromatic rings. The first-order valence-electron chi connectivity index (χ1n) is 3.95. The minimum Gasteiger partial charge on any atom is -0.393 e. The predicted molar refractivity (Wildman–Crippen MR) is 42.6 cm³/mol. The zero-order chi connectivity index (χ0) is 8.27. The molecular weight excluding hydrogens is 142 g/mol. The van der Waals surface area contributed by atoms with Gasteiger partial charge in [-0.05, 0) is 18.4 Å². The zero-order valence-electron chi connectivity index (χ0n) is 7.00. The second-order valence-corrected chi connectivity index (χ2v) is 3.23. The highest BCUT2D eigenvalue weighted by molar-refractivity contribution is 5.06. The summed E-state index contributed by atoms with van der Waals surface area (Å²) in [6.07, 6.45) is 2.76. The third-order valence-corrected chi connectivity index (χ3v) is 1.54. The van der Waals surface area contributed by atoms with Crippen molar-refractivity contribution in [1.82, 2.24) is 5.48 Å². The fourth-order valence-corrected chi connectivity index (χ4v) is 1.08. The van der Waals surface area contributed by atoms with Crippen LogP contribution >= 0.6 is 0 Å². The molecule has 0 aliphatic carbocycles. The SMILES string of the molecule is CC(C)CC1=CC(CO)ON1. The molecule has 0 spiro atoms. The Kier molecular flexibility index (Phi) is 2.91. The summed E-state index contributed by atoms with van der Waals surface area (Å²) in [5.74, 6) is 0.620. The number of rotatable bonds is 3. The van der Waals surface area contributed by atoms with Gasteiger partial charge < -0.3 is 5.11 Å². The number of nitrogens with one attached hydrogen (secondary N) is 1. The van der Waals surface area contributed by atoms with Gasteiger partial charge in [0.2, 0.25) is 0 Å². The summed E-state index contributed by atoms with van der Waals surface area (Å²) >= 11 is 0. The van der Waals surface area contributed by atoms with Gasteiger partial charge >= 0.3 is 0 Å². The van der Waals surface area contributed by atoms with Gasteiger partial charge in [0.15, 0.2) is 0 Å². The molecule has 0 aromatic heterocycles. The molecule has 0 bridgehead atoms. The van der Waals surface area contributed by atoms with Crippen molar-refractivity contribution in [1.29, 1.82) is 0 Å². The first kappa shape index (κ1) is 8.56. The van der Waals surface area contributed by atoms with Crippen LogP contribution in [0, 0.1) is 5.92 Å². The van der Waals surface area contributed by atoms with E-state index < -0.39 is 0 Å². The van der Waals surface area contributed by atoms with Crippen molar-refractivity contribution in [2.75, 3.05) is 6.61 Å². The molecule has 64 valence electrons. The van der Waals surface area contributed by atoms with Crippen molar-refractivity contribution in [3.8, 4) is 0 Å². The number of hydrogen-bond acceptors (Lipinski definition) is 3. The van der Waals surface area contributed by atoms with Crippen LogP contribution in [-0.2, 0) is 4.84 Å². The molecule has 1 aliphatic heterocycles. The Morgan fingerprint density at radius 3 is 2.91 bits per heavy atom. The van der Waals surface area contributed by atoms with Gasteiger partial charge in [-0.25, -0.2) is 0 Å². The predicted octanol–water partition coefficient (Wildman–Crippen LogP) is 0.812. The Morgan fingerprint density at radius 1 is 1.73 bits per heavy atom. The third-order valence-electron chi connectivity index (χ3n) is 1.54. The highest BCUT2D eigenvalue weighted by atomic mass is 16.7. The monoisotopic (exact) mass is 157 g/mol. The van der Waals surface area contributed by atoms with E-state index in [1.54, 1.807) is 0 Å². The number of hydroxylamine groups is 1. The Balaban J connectivity index is 2.36. The molecule has 0 radical (unpaired) electrons. The molecule has 0 fully saturated rings. The third kappa shape index (κ3) is 2.52. The van der Waals surface area contributed by atoms with Crippen LogP contribution in [0.4, 0.5) is 0 Å². The van der Waals surface area contributed by atoms with Crippen molar-refractivity contribution in [3.63, 3.8) is 0 Å². The van der Waals surface area contributed by atoms with Crippen molar-refractivity contribution < 1.29 is 9.94 Å². The highest BCUT2D eigenvalue weighted by Gasteiger charge is 2.15. The molecule has 1 unspecified atom stereocenters. The van der Waals surface area contributed by atoms with Crippen molar-refractivity contribution >= 4 is 0 Å². The Hall–Kier alpha value is -0.540. The van der Waals surface area contributed by atoms with Gasteiger partial charge in [-0.1, -0.05) is 13.8 Å². The van der Waals surface area contributed by atoms with Crippen LogP contribution < -0.4 is 5.48 Å². The molecular formula is C8H15NO2. The quantitative estimate of drug-likeness (QED) is 0.637.